The topological polar surface area (TPSA) is 131 Å². The molecule has 228 valence electrons. The van der Waals surface area contributed by atoms with Crippen molar-refractivity contribution in [3.63, 3.8) is 0 Å². The Kier molecular flexibility index (Phi) is 11.1. The van der Waals surface area contributed by atoms with E-state index in [0.717, 1.165) is 24.2 Å². The number of thioether (sulfide) groups is 1. The normalized spacial score (nSPS) is 15.4. The molecule has 3 amide bonds. The predicted octanol–water partition coefficient (Wildman–Crippen LogP) is 4.37. The van der Waals surface area contributed by atoms with Gasteiger partial charge in [-0.3, -0.25) is 4.90 Å². The molecule has 2 aliphatic rings. The van der Waals surface area contributed by atoms with Gasteiger partial charge in [0.2, 0.25) is 5.95 Å². The van der Waals surface area contributed by atoms with Crippen LogP contribution in [0.4, 0.5) is 27.0 Å². The number of hydrogen-bond acceptors (Lipinski definition) is 9. The van der Waals surface area contributed by atoms with Crippen molar-refractivity contribution in [2.75, 3.05) is 66.0 Å². The van der Waals surface area contributed by atoms with Crippen LogP contribution < -0.4 is 19.9 Å². The molecule has 13 heteroatoms. The Morgan fingerprint density at radius 3 is 2.36 bits per heavy atom. The standard InChI is InChI=1S/C29H41N7O5S/c1-4-33(5-2)27-30-19-24(36(6-3)28(39)35-17-18-42-20-35)25(32-27)31-23(26(37)38)14-11-21-9-12-22(13-10-21)41-29(40)34-15-7-8-16-34/h9-10,12-13,19,23H,4-8,11,14-18,20H2,1-3H3,(H,37,38)(H,30,31,32)/t23-/m0/s1. The van der Waals surface area contributed by atoms with Crippen LogP contribution in [-0.4, -0.2) is 99.9 Å². The summed E-state index contributed by atoms with van der Waals surface area (Å²) >= 11 is 1.70. The molecule has 1 aromatic heterocycles. The maximum atomic E-state index is 13.4. The van der Waals surface area contributed by atoms with Gasteiger partial charge in [0.05, 0.1) is 12.1 Å². The van der Waals surface area contributed by atoms with Gasteiger partial charge >= 0.3 is 18.1 Å². The van der Waals surface area contributed by atoms with Crippen molar-refractivity contribution in [3.8, 4) is 5.75 Å². The van der Waals surface area contributed by atoms with Gasteiger partial charge < -0.3 is 29.9 Å². The average Bonchev–Trinajstić information content (AvgIpc) is 3.73. The zero-order chi connectivity index (χ0) is 30.1. The minimum Gasteiger partial charge on any atom is -0.480 e. The summed E-state index contributed by atoms with van der Waals surface area (Å²) in [5, 5.41) is 13.2. The molecule has 2 N–H and O–H groups in total. The van der Waals surface area contributed by atoms with Crippen molar-refractivity contribution in [2.45, 2.75) is 52.5 Å². The number of aromatic nitrogens is 2. The highest BCUT2D eigenvalue weighted by atomic mass is 32.2. The molecule has 0 bridgehead atoms. The van der Waals surface area contributed by atoms with Crippen molar-refractivity contribution in [1.29, 1.82) is 0 Å². The van der Waals surface area contributed by atoms with Gasteiger partial charge in [0.15, 0.2) is 5.82 Å². The fraction of sp³-hybridized carbons (Fsp3) is 0.552. The van der Waals surface area contributed by atoms with E-state index in [-0.39, 0.29) is 18.5 Å². The van der Waals surface area contributed by atoms with Crippen LogP contribution in [0.2, 0.25) is 0 Å². The maximum Gasteiger partial charge on any atom is 0.415 e. The first-order chi connectivity index (χ1) is 20.3. The van der Waals surface area contributed by atoms with Crippen molar-refractivity contribution in [1.82, 2.24) is 19.8 Å². The smallest absolute Gasteiger partial charge is 0.415 e. The summed E-state index contributed by atoms with van der Waals surface area (Å²) in [6.07, 6.45) is 3.98. The van der Waals surface area contributed by atoms with Gasteiger partial charge in [0, 0.05) is 45.0 Å². The van der Waals surface area contributed by atoms with Gasteiger partial charge in [-0.15, -0.1) is 11.8 Å². The Morgan fingerprint density at radius 1 is 1.05 bits per heavy atom. The third-order valence-electron chi connectivity index (χ3n) is 7.49. The minimum atomic E-state index is -1.02. The molecular weight excluding hydrogens is 558 g/mol. The molecular formula is C29H41N7O5S. The molecule has 0 saturated carbocycles. The van der Waals surface area contributed by atoms with E-state index in [1.807, 2.05) is 37.8 Å². The molecule has 2 aromatic rings. The zero-order valence-corrected chi connectivity index (χ0v) is 25.4. The van der Waals surface area contributed by atoms with E-state index in [9.17, 15) is 19.5 Å². The fourth-order valence-electron chi connectivity index (χ4n) is 5.00. The van der Waals surface area contributed by atoms with Gasteiger partial charge in [0.1, 0.15) is 17.5 Å². The van der Waals surface area contributed by atoms with Crippen LogP contribution in [0.1, 0.15) is 45.6 Å². The van der Waals surface area contributed by atoms with Crippen molar-refractivity contribution < 1.29 is 24.2 Å². The van der Waals surface area contributed by atoms with E-state index in [2.05, 4.69) is 10.3 Å². The first-order valence-corrected chi connectivity index (χ1v) is 15.8. The van der Waals surface area contributed by atoms with Crippen LogP contribution in [0.15, 0.2) is 30.5 Å². The number of hydrogen-bond donors (Lipinski definition) is 2. The fourth-order valence-corrected chi connectivity index (χ4v) is 5.93. The van der Waals surface area contributed by atoms with Crippen LogP contribution in [0, 0.1) is 0 Å². The first-order valence-electron chi connectivity index (χ1n) is 14.7. The average molecular weight is 600 g/mol. The lowest BCUT2D eigenvalue weighted by atomic mass is 10.0. The monoisotopic (exact) mass is 599 g/mol. The molecule has 2 aliphatic heterocycles. The van der Waals surface area contributed by atoms with Crippen LogP contribution in [0.3, 0.4) is 0 Å². The number of urea groups is 1. The number of aliphatic carboxylic acids is 1. The Hall–Kier alpha value is -3.74. The van der Waals surface area contributed by atoms with Gasteiger partial charge in [0.25, 0.3) is 0 Å². The highest BCUT2D eigenvalue weighted by Crippen LogP contribution is 2.29. The van der Waals surface area contributed by atoms with Gasteiger partial charge in [-0.1, -0.05) is 12.1 Å². The maximum absolute atomic E-state index is 13.4. The molecule has 2 fully saturated rings. The van der Waals surface area contributed by atoms with Crippen LogP contribution >= 0.6 is 11.8 Å². The number of rotatable bonds is 12. The summed E-state index contributed by atoms with van der Waals surface area (Å²) in [7, 11) is 0. The van der Waals surface area contributed by atoms with E-state index >= 15 is 0 Å². The molecule has 0 unspecified atom stereocenters. The number of aryl methyl sites for hydroxylation is 1. The second-order valence-electron chi connectivity index (χ2n) is 10.2. The molecule has 1 atom stereocenters. The van der Waals surface area contributed by atoms with Crippen molar-refractivity contribution in [2.24, 2.45) is 0 Å². The van der Waals surface area contributed by atoms with Gasteiger partial charge in [-0.05, 0) is 64.2 Å². The number of carbonyl (C=O) groups excluding carboxylic acids is 2. The second-order valence-corrected chi connectivity index (χ2v) is 11.3. The number of benzene rings is 1. The third-order valence-corrected chi connectivity index (χ3v) is 8.45. The number of carbonyl (C=O) groups is 3. The number of anilines is 3. The zero-order valence-electron chi connectivity index (χ0n) is 24.6. The van der Waals surface area contributed by atoms with E-state index < -0.39 is 12.0 Å². The lowest BCUT2D eigenvalue weighted by Gasteiger charge is -2.29. The number of nitrogens with one attached hydrogen (secondary N) is 1. The summed E-state index contributed by atoms with van der Waals surface area (Å²) in [6.45, 7) is 9.72. The number of carboxylic acids is 1. The van der Waals surface area contributed by atoms with E-state index in [1.165, 1.54) is 0 Å². The molecule has 0 spiro atoms. The van der Waals surface area contributed by atoms with E-state index in [4.69, 9.17) is 9.72 Å². The molecule has 0 radical (unpaired) electrons. The lowest BCUT2D eigenvalue weighted by molar-refractivity contribution is -0.138. The van der Waals surface area contributed by atoms with E-state index in [1.54, 1.807) is 44.8 Å². The Balaban J connectivity index is 1.50. The molecule has 2 saturated heterocycles. The summed E-state index contributed by atoms with van der Waals surface area (Å²) in [6, 6.07) is 6.02. The molecule has 4 rings (SSSR count). The quantitative estimate of drug-likeness (QED) is 0.363. The summed E-state index contributed by atoms with van der Waals surface area (Å²) in [4.78, 5) is 54.3. The van der Waals surface area contributed by atoms with Crippen LogP contribution in [-0.2, 0) is 11.2 Å². The van der Waals surface area contributed by atoms with Gasteiger partial charge in [-0.2, -0.15) is 4.98 Å². The SMILES string of the molecule is CCN(CC)c1ncc(N(CC)C(=O)N2CCSC2)c(N[C@@H](CCc2ccc(OC(=O)N3CCCC3)cc2)C(=O)O)n1. The van der Waals surface area contributed by atoms with Crippen LogP contribution in [0.25, 0.3) is 0 Å². The molecule has 3 heterocycles. The second kappa shape index (κ2) is 14.9. The number of ether oxygens (including phenoxy) is 1. The molecule has 12 nitrogen and oxygen atoms in total. The summed E-state index contributed by atoms with van der Waals surface area (Å²) in [5.41, 5.74) is 1.36. The molecule has 0 aliphatic carbocycles. The van der Waals surface area contributed by atoms with Gasteiger partial charge in [-0.25, -0.2) is 19.4 Å². The predicted molar refractivity (Wildman–Crippen MR) is 165 cm³/mol. The largest absolute Gasteiger partial charge is 0.480 e. The third kappa shape index (κ3) is 7.75. The number of nitrogens with zero attached hydrogens (tertiary/aromatic N) is 6. The summed E-state index contributed by atoms with van der Waals surface area (Å²) < 4.78 is 5.47. The Labute approximate surface area is 251 Å². The highest BCUT2D eigenvalue weighted by Gasteiger charge is 2.29. The van der Waals surface area contributed by atoms with Crippen molar-refractivity contribution in [3.05, 3.63) is 36.0 Å². The lowest BCUT2D eigenvalue weighted by Crippen LogP contribution is -2.43. The molecule has 42 heavy (non-hydrogen) atoms. The van der Waals surface area contributed by atoms with E-state index in [0.29, 0.717) is 74.8 Å². The minimum absolute atomic E-state index is 0.151. The highest BCUT2D eigenvalue weighted by molar-refractivity contribution is 7.99. The van der Waals surface area contributed by atoms with Crippen molar-refractivity contribution >= 4 is 47.3 Å². The number of likely N-dealkylation sites (tertiary alicyclic amines) is 1. The summed E-state index contributed by atoms with van der Waals surface area (Å²) in [5.74, 6) is 1.71. The number of amides is 3. The molecule has 1 aromatic carbocycles. The van der Waals surface area contributed by atoms with Crippen LogP contribution in [0.5, 0.6) is 5.75 Å². The first kappa shape index (κ1) is 31.2. The number of carboxylic acid groups (broad SMARTS) is 1. The Bertz CT molecular complexity index is 1220. The Morgan fingerprint density at radius 2 is 1.76 bits per heavy atom.